The summed E-state index contributed by atoms with van der Waals surface area (Å²) in [6.45, 7) is 0.320. The second kappa shape index (κ2) is 5.90. The summed E-state index contributed by atoms with van der Waals surface area (Å²) in [6.07, 6.45) is 4.77. The summed E-state index contributed by atoms with van der Waals surface area (Å²) in [4.78, 5) is 4.84. The van der Waals surface area contributed by atoms with E-state index in [0.29, 0.717) is 6.54 Å². The molecule has 6 heteroatoms. The van der Waals surface area contributed by atoms with E-state index in [0.717, 1.165) is 15.8 Å². The second-order valence-corrected chi connectivity index (χ2v) is 6.21. The Labute approximate surface area is 110 Å². The topological polar surface area (TPSA) is 59.1 Å². The van der Waals surface area contributed by atoms with Crippen molar-refractivity contribution in [1.29, 1.82) is 0 Å². The van der Waals surface area contributed by atoms with Gasteiger partial charge in [-0.15, -0.1) is 11.3 Å². The lowest BCUT2D eigenvalue weighted by Crippen LogP contribution is -2.19. The predicted molar refractivity (Wildman–Crippen MR) is 73.3 cm³/mol. The van der Waals surface area contributed by atoms with Gasteiger partial charge in [-0.1, -0.05) is 6.07 Å². The Morgan fingerprint density at radius 3 is 2.72 bits per heavy atom. The molecule has 0 aliphatic heterocycles. The van der Waals surface area contributed by atoms with Gasteiger partial charge in [-0.25, -0.2) is 13.1 Å². The Morgan fingerprint density at radius 1 is 1.28 bits per heavy atom. The fourth-order valence-electron chi connectivity index (χ4n) is 1.28. The van der Waals surface area contributed by atoms with Crippen LogP contribution in [-0.2, 0) is 16.6 Å². The smallest absolute Gasteiger partial charge is 0.234 e. The molecule has 94 valence electrons. The molecule has 0 aliphatic rings. The maximum absolute atomic E-state index is 11.7. The minimum atomic E-state index is -3.40. The Balaban J connectivity index is 1.97. The molecule has 0 fully saturated rings. The molecule has 0 saturated heterocycles. The first kappa shape index (κ1) is 12.9. The predicted octanol–water partition coefficient (Wildman–Crippen LogP) is 2.23. The lowest BCUT2D eigenvalue weighted by atomic mass is 10.3. The fourth-order valence-corrected chi connectivity index (χ4v) is 2.80. The van der Waals surface area contributed by atoms with E-state index in [9.17, 15) is 8.42 Å². The number of hydrogen-bond acceptors (Lipinski definition) is 4. The normalized spacial score (nSPS) is 12.0. The van der Waals surface area contributed by atoms with E-state index in [2.05, 4.69) is 9.71 Å². The van der Waals surface area contributed by atoms with Gasteiger partial charge in [0, 0.05) is 29.2 Å². The first-order chi connectivity index (χ1) is 8.66. The second-order valence-electron chi connectivity index (χ2n) is 3.53. The average molecular weight is 280 g/mol. The number of hydrogen-bond donors (Lipinski definition) is 1. The fraction of sp³-hybridized carbons (Fsp3) is 0.0833. The van der Waals surface area contributed by atoms with Crippen LogP contribution in [0.2, 0.25) is 0 Å². The Morgan fingerprint density at radius 2 is 2.06 bits per heavy atom. The third-order valence-corrected chi connectivity index (χ3v) is 4.09. The van der Waals surface area contributed by atoms with Crippen LogP contribution in [0, 0.1) is 0 Å². The van der Waals surface area contributed by atoms with Gasteiger partial charge in [0.15, 0.2) is 0 Å². The van der Waals surface area contributed by atoms with Crippen molar-refractivity contribution in [2.75, 3.05) is 0 Å². The van der Waals surface area contributed by atoms with Crippen LogP contribution >= 0.6 is 11.3 Å². The van der Waals surface area contributed by atoms with Crippen molar-refractivity contribution in [1.82, 2.24) is 9.71 Å². The molecule has 18 heavy (non-hydrogen) atoms. The van der Waals surface area contributed by atoms with Crippen molar-refractivity contribution in [3.63, 3.8) is 0 Å². The highest BCUT2D eigenvalue weighted by Crippen LogP contribution is 2.08. The van der Waals surface area contributed by atoms with Crippen LogP contribution in [0.3, 0.4) is 0 Å². The Kier molecular flexibility index (Phi) is 4.24. The van der Waals surface area contributed by atoms with Gasteiger partial charge in [-0.05, 0) is 35.2 Å². The van der Waals surface area contributed by atoms with Crippen LogP contribution in [0.25, 0.3) is 6.08 Å². The lowest BCUT2D eigenvalue weighted by Gasteiger charge is -2.00. The van der Waals surface area contributed by atoms with Gasteiger partial charge in [-0.2, -0.15) is 0 Å². The van der Waals surface area contributed by atoms with Crippen molar-refractivity contribution in [3.8, 4) is 0 Å². The molecule has 0 atom stereocenters. The summed E-state index contributed by atoms with van der Waals surface area (Å²) in [5, 5.41) is 3.08. The van der Waals surface area contributed by atoms with Gasteiger partial charge in [0.25, 0.3) is 0 Å². The molecule has 0 aliphatic carbocycles. The van der Waals surface area contributed by atoms with E-state index in [1.807, 2.05) is 17.5 Å². The summed E-state index contributed by atoms with van der Waals surface area (Å²) in [5.74, 6) is 0. The summed E-state index contributed by atoms with van der Waals surface area (Å²) >= 11 is 1.52. The van der Waals surface area contributed by atoms with Crippen LogP contribution in [0.4, 0.5) is 0 Å². The molecule has 0 saturated carbocycles. The monoisotopic (exact) mass is 280 g/mol. The van der Waals surface area contributed by atoms with Crippen LogP contribution in [-0.4, -0.2) is 13.4 Å². The molecule has 2 heterocycles. The van der Waals surface area contributed by atoms with Crippen LogP contribution in [0.15, 0.2) is 47.4 Å². The molecule has 0 unspecified atom stereocenters. The molecule has 0 bridgehead atoms. The van der Waals surface area contributed by atoms with Crippen molar-refractivity contribution < 1.29 is 8.42 Å². The quantitative estimate of drug-likeness (QED) is 0.913. The number of thiophene rings is 1. The molecular formula is C12H12N2O2S2. The number of nitrogens with one attached hydrogen (secondary N) is 1. The number of sulfonamides is 1. The number of nitrogens with zero attached hydrogens (tertiary/aromatic N) is 1. The van der Waals surface area contributed by atoms with E-state index in [1.54, 1.807) is 30.6 Å². The van der Waals surface area contributed by atoms with Crippen molar-refractivity contribution >= 4 is 27.4 Å². The largest absolute Gasteiger partial charge is 0.265 e. The Hall–Kier alpha value is -1.50. The van der Waals surface area contributed by atoms with Crippen molar-refractivity contribution in [2.45, 2.75) is 6.54 Å². The molecular weight excluding hydrogens is 268 g/mol. The van der Waals surface area contributed by atoms with Crippen LogP contribution < -0.4 is 4.72 Å². The average Bonchev–Trinajstić information content (AvgIpc) is 2.89. The molecule has 4 nitrogen and oxygen atoms in total. The van der Waals surface area contributed by atoms with Gasteiger partial charge in [0.05, 0.1) is 0 Å². The summed E-state index contributed by atoms with van der Waals surface area (Å²) in [7, 11) is -3.40. The van der Waals surface area contributed by atoms with Crippen molar-refractivity contribution in [2.24, 2.45) is 0 Å². The minimum Gasteiger partial charge on any atom is -0.265 e. The van der Waals surface area contributed by atoms with E-state index in [1.165, 1.54) is 11.3 Å². The van der Waals surface area contributed by atoms with Crippen molar-refractivity contribution in [3.05, 3.63) is 57.9 Å². The van der Waals surface area contributed by atoms with E-state index >= 15 is 0 Å². The molecule has 2 aromatic rings. The minimum absolute atomic E-state index is 0.320. The molecule has 0 aromatic carbocycles. The SMILES string of the molecule is O=S(=O)(/C=C/c1ccncc1)NCc1cccs1. The lowest BCUT2D eigenvalue weighted by molar-refractivity contribution is 0.591. The number of rotatable bonds is 5. The van der Waals surface area contributed by atoms with Gasteiger partial charge in [0.1, 0.15) is 0 Å². The van der Waals surface area contributed by atoms with Gasteiger partial charge < -0.3 is 0 Å². The highest BCUT2D eigenvalue weighted by Gasteiger charge is 2.04. The molecule has 0 amide bonds. The zero-order chi connectivity index (χ0) is 12.8. The van der Waals surface area contributed by atoms with Gasteiger partial charge >= 0.3 is 0 Å². The molecule has 0 spiro atoms. The van der Waals surface area contributed by atoms with Crippen LogP contribution in [0.5, 0.6) is 0 Å². The molecule has 2 aromatic heterocycles. The third-order valence-electron chi connectivity index (χ3n) is 2.17. The summed E-state index contributed by atoms with van der Waals surface area (Å²) in [6, 6.07) is 7.26. The van der Waals surface area contributed by atoms with Gasteiger partial charge in [-0.3, -0.25) is 4.98 Å². The molecule has 1 N–H and O–H groups in total. The zero-order valence-electron chi connectivity index (χ0n) is 9.48. The molecule has 2 rings (SSSR count). The van der Waals surface area contributed by atoms with Gasteiger partial charge in [0.2, 0.25) is 10.0 Å². The first-order valence-corrected chi connectivity index (χ1v) is 7.68. The Bertz CT molecular complexity index is 605. The third kappa shape index (κ3) is 4.06. The van der Waals surface area contributed by atoms with E-state index in [4.69, 9.17) is 0 Å². The molecule has 0 radical (unpaired) electrons. The van der Waals surface area contributed by atoms with E-state index < -0.39 is 10.0 Å². The summed E-state index contributed by atoms with van der Waals surface area (Å²) in [5.41, 5.74) is 0.798. The van der Waals surface area contributed by atoms with E-state index in [-0.39, 0.29) is 0 Å². The maximum atomic E-state index is 11.7. The summed E-state index contributed by atoms with van der Waals surface area (Å²) < 4.78 is 25.9. The highest BCUT2D eigenvalue weighted by atomic mass is 32.2. The first-order valence-electron chi connectivity index (χ1n) is 5.26. The van der Waals surface area contributed by atoms with Crippen LogP contribution in [0.1, 0.15) is 10.4 Å². The maximum Gasteiger partial charge on any atom is 0.234 e. The standard InChI is InChI=1S/C12H12N2O2S2/c15-18(16,14-10-12-2-1-8-17-12)9-5-11-3-6-13-7-4-11/h1-9,14H,10H2/b9-5+. The number of pyridine rings is 1. The number of aromatic nitrogens is 1. The highest BCUT2D eigenvalue weighted by molar-refractivity contribution is 7.92. The zero-order valence-corrected chi connectivity index (χ0v) is 11.1.